The number of halogens is 3. The molecule has 1 aromatic heterocycles. The average molecular weight is 313 g/mol. The predicted octanol–water partition coefficient (Wildman–Crippen LogP) is 2.78. The van der Waals surface area contributed by atoms with E-state index in [2.05, 4.69) is 4.98 Å². The number of hydrazine groups is 1. The van der Waals surface area contributed by atoms with Gasteiger partial charge in [-0.1, -0.05) is 0 Å². The monoisotopic (exact) mass is 313 g/mol. The van der Waals surface area contributed by atoms with Crippen molar-refractivity contribution in [3.05, 3.63) is 29.8 Å². The first kappa shape index (κ1) is 15.3. The Labute approximate surface area is 126 Å². The van der Waals surface area contributed by atoms with Crippen LogP contribution in [0.3, 0.4) is 0 Å². The summed E-state index contributed by atoms with van der Waals surface area (Å²) in [5.74, 6) is -4.19. The van der Waals surface area contributed by atoms with Crippen molar-refractivity contribution in [2.24, 2.45) is 5.41 Å². The molecule has 2 fully saturated rings. The summed E-state index contributed by atoms with van der Waals surface area (Å²) in [7, 11) is 0. The Morgan fingerprint density at radius 3 is 2.68 bits per heavy atom. The number of carbonyl (C=O) groups is 1. The van der Waals surface area contributed by atoms with E-state index >= 15 is 0 Å². The van der Waals surface area contributed by atoms with E-state index in [9.17, 15) is 18.0 Å². The van der Waals surface area contributed by atoms with Crippen LogP contribution < -0.4 is 0 Å². The molecule has 0 bridgehead atoms. The summed E-state index contributed by atoms with van der Waals surface area (Å²) in [5, 5.41) is 3.04. The fourth-order valence-electron chi connectivity index (χ4n) is 3.13. The molecule has 3 rings (SSSR count). The minimum Gasteiger partial charge on any atom is -0.273 e. The number of amides is 1. The first-order chi connectivity index (χ1) is 10.2. The lowest BCUT2D eigenvalue weighted by Gasteiger charge is -2.36. The topological polar surface area (TPSA) is 36.4 Å². The van der Waals surface area contributed by atoms with Crippen LogP contribution >= 0.6 is 0 Å². The normalized spacial score (nSPS) is 27.6. The van der Waals surface area contributed by atoms with Crippen LogP contribution in [0.2, 0.25) is 0 Å². The van der Waals surface area contributed by atoms with Crippen molar-refractivity contribution in [1.82, 2.24) is 15.0 Å². The highest BCUT2D eigenvalue weighted by atomic mass is 19.3. The lowest BCUT2D eigenvalue weighted by atomic mass is 9.82. The zero-order valence-electron chi connectivity index (χ0n) is 12.5. The molecule has 7 heteroatoms. The van der Waals surface area contributed by atoms with Crippen LogP contribution in [0.1, 0.15) is 38.3 Å². The van der Waals surface area contributed by atoms with Gasteiger partial charge in [0.05, 0.1) is 12.2 Å². The largest absolute Gasteiger partial charge is 0.273 e. The number of alkyl halides is 2. The molecule has 0 saturated carbocycles. The second-order valence-corrected chi connectivity index (χ2v) is 6.42. The zero-order chi connectivity index (χ0) is 16.1. The van der Waals surface area contributed by atoms with Crippen molar-refractivity contribution in [3.63, 3.8) is 0 Å². The number of hydrogen-bond donors (Lipinski definition) is 0. The van der Waals surface area contributed by atoms with Gasteiger partial charge in [0.1, 0.15) is 11.2 Å². The Hall–Kier alpha value is -1.63. The fourth-order valence-corrected chi connectivity index (χ4v) is 3.13. The van der Waals surface area contributed by atoms with Crippen LogP contribution in [0.5, 0.6) is 0 Å². The van der Waals surface area contributed by atoms with Crippen LogP contribution in [0.4, 0.5) is 13.2 Å². The molecule has 1 atom stereocenters. The van der Waals surface area contributed by atoms with Crippen molar-refractivity contribution >= 4 is 5.91 Å². The molecular formula is C15H18F3N3O. The summed E-state index contributed by atoms with van der Waals surface area (Å²) in [4.78, 5) is 16.5. The SMILES string of the molecule is CC1(C)C(=O)N2[C@@H](c3cncc(F)c3)CCN2CCC1(F)F. The van der Waals surface area contributed by atoms with E-state index in [0.29, 0.717) is 18.5 Å². The maximum Gasteiger partial charge on any atom is 0.263 e. The van der Waals surface area contributed by atoms with E-state index in [0.717, 1.165) is 6.20 Å². The number of rotatable bonds is 1. The maximum absolute atomic E-state index is 14.2. The molecule has 0 aromatic carbocycles. The van der Waals surface area contributed by atoms with Gasteiger partial charge in [-0.3, -0.25) is 14.8 Å². The van der Waals surface area contributed by atoms with Gasteiger partial charge in [0.15, 0.2) is 0 Å². The number of pyridine rings is 1. The number of nitrogens with zero attached hydrogens (tertiary/aromatic N) is 3. The Morgan fingerprint density at radius 2 is 2.00 bits per heavy atom. The second-order valence-electron chi connectivity index (χ2n) is 6.42. The van der Waals surface area contributed by atoms with Crippen molar-refractivity contribution in [1.29, 1.82) is 0 Å². The first-order valence-corrected chi connectivity index (χ1v) is 7.31. The summed E-state index contributed by atoms with van der Waals surface area (Å²) in [6.45, 7) is 3.16. The van der Waals surface area contributed by atoms with Crippen LogP contribution in [0, 0.1) is 11.2 Å². The van der Waals surface area contributed by atoms with Gasteiger partial charge in [-0.25, -0.2) is 18.2 Å². The highest BCUT2D eigenvalue weighted by molar-refractivity contribution is 5.83. The standard InChI is InChI=1S/C15H18F3N3O/c1-14(2)13(22)21-12(10-7-11(16)9-19-8-10)3-5-20(21)6-4-15(14,17)18/h7-9,12H,3-6H2,1-2H3/t12-/m1/s1. The minimum atomic E-state index is -3.07. The van der Waals surface area contributed by atoms with Crippen LogP contribution in [0.15, 0.2) is 18.5 Å². The van der Waals surface area contributed by atoms with E-state index in [-0.39, 0.29) is 13.0 Å². The molecule has 120 valence electrons. The van der Waals surface area contributed by atoms with Crippen molar-refractivity contribution in [2.75, 3.05) is 13.1 Å². The van der Waals surface area contributed by atoms with Gasteiger partial charge < -0.3 is 0 Å². The third-order valence-corrected chi connectivity index (χ3v) is 4.71. The second kappa shape index (κ2) is 4.94. The molecule has 0 spiro atoms. The van der Waals surface area contributed by atoms with Gasteiger partial charge in [-0.05, 0) is 31.9 Å². The highest BCUT2D eigenvalue weighted by Crippen LogP contribution is 2.47. The van der Waals surface area contributed by atoms with E-state index in [1.807, 2.05) is 0 Å². The summed E-state index contributed by atoms with van der Waals surface area (Å²) >= 11 is 0. The molecule has 2 aliphatic heterocycles. The van der Waals surface area contributed by atoms with Gasteiger partial charge >= 0.3 is 0 Å². The van der Waals surface area contributed by atoms with Crippen molar-refractivity contribution in [2.45, 2.75) is 38.7 Å². The Bertz CT molecular complexity index is 605. The highest BCUT2D eigenvalue weighted by Gasteiger charge is 2.58. The Morgan fingerprint density at radius 1 is 1.27 bits per heavy atom. The molecule has 1 amide bonds. The number of fused-ring (bicyclic) bond motifs is 1. The van der Waals surface area contributed by atoms with Gasteiger partial charge in [0, 0.05) is 25.7 Å². The summed E-state index contributed by atoms with van der Waals surface area (Å²) in [6.07, 6.45) is 2.79. The number of carbonyl (C=O) groups excluding carboxylic acids is 1. The molecule has 3 heterocycles. The van der Waals surface area contributed by atoms with E-state index in [4.69, 9.17) is 0 Å². The summed E-state index contributed by atoms with van der Waals surface area (Å²) in [5.41, 5.74) is -1.25. The average Bonchev–Trinajstić information content (AvgIpc) is 2.85. The molecule has 0 unspecified atom stereocenters. The first-order valence-electron chi connectivity index (χ1n) is 7.31. The molecule has 2 aliphatic rings. The third-order valence-electron chi connectivity index (χ3n) is 4.71. The van der Waals surface area contributed by atoms with Gasteiger partial charge in [0.2, 0.25) is 5.91 Å². The lowest BCUT2D eigenvalue weighted by Crippen LogP contribution is -2.50. The Balaban J connectivity index is 1.99. The molecule has 0 aliphatic carbocycles. The van der Waals surface area contributed by atoms with E-state index in [1.54, 1.807) is 5.01 Å². The molecule has 0 N–H and O–H groups in total. The van der Waals surface area contributed by atoms with Crippen molar-refractivity contribution < 1.29 is 18.0 Å². The molecule has 0 radical (unpaired) electrons. The van der Waals surface area contributed by atoms with E-state index in [1.165, 1.54) is 31.1 Å². The zero-order valence-corrected chi connectivity index (χ0v) is 12.5. The molecule has 4 nitrogen and oxygen atoms in total. The molecular weight excluding hydrogens is 295 g/mol. The van der Waals surface area contributed by atoms with Crippen LogP contribution in [-0.4, -0.2) is 39.9 Å². The van der Waals surface area contributed by atoms with Gasteiger partial charge in [-0.15, -0.1) is 0 Å². The van der Waals surface area contributed by atoms with Crippen LogP contribution in [-0.2, 0) is 4.79 Å². The quantitative estimate of drug-likeness (QED) is 0.800. The van der Waals surface area contributed by atoms with Gasteiger partial charge in [0.25, 0.3) is 5.92 Å². The molecule has 2 saturated heterocycles. The third kappa shape index (κ3) is 2.18. The smallest absolute Gasteiger partial charge is 0.263 e. The van der Waals surface area contributed by atoms with Gasteiger partial charge in [-0.2, -0.15) is 0 Å². The lowest BCUT2D eigenvalue weighted by molar-refractivity contribution is -0.170. The number of hydrogen-bond acceptors (Lipinski definition) is 3. The molecule has 22 heavy (non-hydrogen) atoms. The minimum absolute atomic E-state index is 0.113. The predicted molar refractivity (Wildman–Crippen MR) is 73.3 cm³/mol. The maximum atomic E-state index is 14.2. The number of aromatic nitrogens is 1. The van der Waals surface area contributed by atoms with Crippen molar-refractivity contribution in [3.8, 4) is 0 Å². The summed E-state index contributed by atoms with van der Waals surface area (Å²) < 4.78 is 41.9. The summed E-state index contributed by atoms with van der Waals surface area (Å²) in [6, 6.07) is 0.869. The van der Waals surface area contributed by atoms with Crippen LogP contribution in [0.25, 0.3) is 0 Å². The van der Waals surface area contributed by atoms with E-state index < -0.39 is 29.1 Å². The Kier molecular flexibility index (Phi) is 3.43. The molecule has 1 aromatic rings. The fraction of sp³-hybridized carbons (Fsp3) is 0.600.